The molecule has 2 saturated heterocycles. The molecule has 2 unspecified atom stereocenters. The van der Waals surface area contributed by atoms with Crippen LogP contribution in [0.15, 0.2) is 24.3 Å². The van der Waals surface area contributed by atoms with Crippen molar-refractivity contribution in [3.8, 4) is 6.07 Å². The molecule has 0 amide bonds. The zero-order valence-electron chi connectivity index (χ0n) is 13.3. The van der Waals surface area contributed by atoms with Crippen molar-refractivity contribution in [2.75, 3.05) is 13.1 Å². The van der Waals surface area contributed by atoms with Crippen LogP contribution in [0.4, 0.5) is 0 Å². The average Bonchev–Trinajstić information content (AvgIpc) is 2.68. The standard InChI is InChI=1S/C18H25N3/c1-18(2,3)20-12-16-7-8-17(13-20)21(16)11-15-6-4-5-14(9-15)10-19/h4-6,9,16-17H,7-8,11-13H2,1-3H3. The van der Waals surface area contributed by atoms with Gasteiger partial charge in [-0.25, -0.2) is 0 Å². The Bertz CT molecular complexity index is 538. The smallest absolute Gasteiger partial charge is 0.0991 e. The molecule has 3 heteroatoms. The van der Waals surface area contributed by atoms with Crippen LogP contribution in [0.2, 0.25) is 0 Å². The fraction of sp³-hybridized carbons (Fsp3) is 0.611. The number of nitrogens with zero attached hydrogens (tertiary/aromatic N) is 3. The monoisotopic (exact) mass is 283 g/mol. The van der Waals surface area contributed by atoms with E-state index in [1.165, 1.54) is 31.5 Å². The minimum atomic E-state index is 0.271. The van der Waals surface area contributed by atoms with E-state index in [0.29, 0.717) is 12.1 Å². The van der Waals surface area contributed by atoms with Crippen LogP contribution in [0.25, 0.3) is 0 Å². The number of hydrogen-bond donors (Lipinski definition) is 0. The van der Waals surface area contributed by atoms with Gasteiger partial charge in [-0.15, -0.1) is 0 Å². The van der Waals surface area contributed by atoms with E-state index in [1.54, 1.807) is 0 Å². The Balaban J connectivity index is 1.72. The molecule has 2 aliphatic rings. The average molecular weight is 283 g/mol. The summed E-state index contributed by atoms with van der Waals surface area (Å²) in [6, 6.07) is 11.7. The van der Waals surface area contributed by atoms with Gasteiger partial charge in [-0.2, -0.15) is 5.26 Å². The number of rotatable bonds is 2. The third-order valence-corrected chi connectivity index (χ3v) is 5.00. The Kier molecular flexibility index (Phi) is 3.77. The Hall–Kier alpha value is -1.37. The molecule has 1 aromatic carbocycles. The van der Waals surface area contributed by atoms with Crippen molar-refractivity contribution >= 4 is 0 Å². The third kappa shape index (κ3) is 2.97. The van der Waals surface area contributed by atoms with Crippen LogP contribution >= 0.6 is 0 Å². The lowest BCUT2D eigenvalue weighted by Crippen LogP contribution is -2.58. The number of nitriles is 1. The summed E-state index contributed by atoms with van der Waals surface area (Å²) >= 11 is 0. The molecule has 0 radical (unpaired) electrons. The van der Waals surface area contributed by atoms with Gasteiger partial charge < -0.3 is 0 Å². The van der Waals surface area contributed by atoms with Crippen molar-refractivity contribution in [2.24, 2.45) is 0 Å². The fourth-order valence-electron chi connectivity index (χ4n) is 3.75. The highest BCUT2D eigenvalue weighted by atomic mass is 15.3. The van der Waals surface area contributed by atoms with Crippen LogP contribution in [0, 0.1) is 11.3 Å². The maximum absolute atomic E-state index is 9.04. The van der Waals surface area contributed by atoms with Crippen molar-refractivity contribution in [3.05, 3.63) is 35.4 Å². The number of fused-ring (bicyclic) bond motifs is 2. The van der Waals surface area contributed by atoms with E-state index in [4.69, 9.17) is 5.26 Å². The van der Waals surface area contributed by atoms with Gasteiger partial charge in [-0.3, -0.25) is 9.80 Å². The van der Waals surface area contributed by atoms with Crippen LogP contribution in [0.3, 0.4) is 0 Å². The topological polar surface area (TPSA) is 30.3 Å². The molecule has 112 valence electrons. The summed E-state index contributed by atoms with van der Waals surface area (Å²) in [7, 11) is 0. The highest BCUT2D eigenvalue weighted by Crippen LogP contribution is 2.34. The summed E-state index contributed by atoms with van der Waals surface area (Å²) in [4.78, 5) is 5.30. The van der Waals surface area contributed by atoms with Crippen LogP contribution in [-0.4, -0.2) is 40.5 Å². The maximum Gasteiger partial charge on any atom is 0.0991 e. The molecular weight excluding hydrogens is 258 g/mol. The normalized spacial score (nSPS) is 26.8. The van der Waals surface area contributed by atoms with Crippen molar-refractivity contribution in [1.82, 2.24) is 9.80 Å². The van der Waals surface area contributed by atoms with E-state index >= 15 is 0 Å². The van der Waals surface area contributed by atoms with Gasteiger partial charge in [0.25, 0.3) is 0 Å². The summed E-state index contributed by atoms with van der Waals surface area (Å²) in [5.41, 5.74) is 2.32. The van der Waals surface area contributed by atoms with Crippen LogP contribution < -0.4 is 0 Å². The molecule has 2 aliphatic heterocycles. The van der Waals surface area contributed by atoms with Gasteiger partial charge >= 0.3 is 0 Å². The summed E-state index contributed by atoms with van der Waals surface area (Å²) in [5.74, 6) is 0. The van der Waals surface area contributed by atoms with Gasteiger partial charge in [0.2, 0.25) is 0 Å². The first-order chi connectivity index (χ1) is 9.97. The largest absolute Gasteiger partial charge is 0.295 e. The quantitative estimate of drug-likeness (QED) is 0.836. The second-order valence-corrected chi connectivity index (χ2v) is 7.45. The molecule has 0 spiro atoms. The number of likely N-dealkylation sites (tertiary alicyclic amines) is 1. The molecule has 2 heterocycles. The Morgan fingerprint density at radius 3 is 2.43 bits per heavy atom. The van der Waals surface area contributed by atoms with Crippen LogP contribution in [-0.2, 0) is 6.54 Å². The van der Waals surface area contributed by atoms with Crippen LogP contribution in [0.1, 0.15) is 44.7 Å². The highest BCUT2D eigenvalue weighted by molar-refractivity contribution is 5.32. The SMILES string of the molecule is CC(C)(C)N1CC2CCC(C1)N2Cc1cccc(C#N)c1. The third-order valence-electron chi connectivity index (χ3n) is 5.00. The predicted molar refractivity (Wildman–Crippen MR) is 84.8 cm³/mol. The van der Waals surface area contributed by atoms with Crippen molar-refractivity contribution in [2.45, 2.75) is 57.8 Å². The first-order valence-corrected chi connectivity index (χ1v) is 7.97. The first-order valence-electron chi connectivity index (χ1n) is 7.97. The second kappa shape index (κ2) is 5.44. The summed E-state index contributed by atoms with van der Waals surface area (Å²) in [6.07, 6.45) is 2.63. The maximum atomic E-state index is 9.04. The molecule has 3 rings (SSSR count). The Morgan fingerprint density at radius 1 is 1.19 bits per heavy atom. The zero-order chi connectivity index (χ0) is 15.0. The molecule has 2 fully saturated rings. The van der Waals surface area contributed by atoms with Gasteiger partial charge in [0.15, 0.2) is 0 Å². The van der Waals surface area contributed by atoms with E-state index in [0.717, 1.165) is 12.1 Å². The lowest BCUT2D eigenvalue weighted by molar-refractivity contribution is 0.0116. The summed E-state index contributed by atoms with van der Waals surface area (Å²) in [5, 5.41) is 9.04. The minimum absolute atomic E-state index is 0.271. The molecular formula is C18H25N3. The van der Waals surface area contributed by atoms with Gasteiger partial charge in [0.1, 0.15) is 0 Å². The molecule has 1 aromatic rings. The number of benzene rings is 1. The van der Waals surface area contributed by atoms with Gasteiger partial charge in [-0.05, 0) is 51.3 Å². The number of hydrogen-bond acceptors (Lipinski definition) is 3. The van der Waals surface area contributed by atoms with E-state index in [9.17, 15) is 0 Å². The van der Waals surface area contributed by atoms with Gasteiger partial charge in [0.05, 0.1) is 11.6 Å². The molecule has 3 nitrogen and oxygen atoms in total. The summed E-state index contributed by atoms with van der Waals surface area (Å²) < 4.78 is 0. The predicted octanol–water partition coefficient (Wildman–Crippen LogP) is 3.01. The Labute approximate surface area is 128 Å². The van der Waals surface area contributed by atoms with Gasteiger partial charge in [0, 0.05) is 37.3 Å². The van der Waals surface area contributed by atoms with Crippen molar-refractivity contribution < 1.29 is 0 Å². The molecule has 0 N–H and O–H groups in total. The van der Waals surface area contributed by atoms with Crippen LogP contribution in [0.5, 0.6) is 0 Å². The van der Waals surface area contributed by atoms with E-state index in [-0.39, 0.29) is 5.54 Å². The highest BCUT2D eigenvalue weighted by Gasteiger charge is 2.42. The van der Waals surface area contributed by atoms with E-state index < -0.39 is 0 Å². The molecule has 2 bridgehead atoms. The Morgan fingerprint density at radius 2 is 1.86 bits per heavy atom. The molecule has 2 atom stereocenters. The van der Waals surface area contributed by atoms with Gasteiger partial charge in [-0.1, -0.05) is 12.1 Å². The van der Waals surface area contributed by atoms with E-state index in [1.807, 2.05) is 18.2 Å². The fourth-order valence-corrected chi connectivity index (χ4v) is 3.75. The second-order valence-electron chi connectivity index (χ2n) is 7.45. The lowest BCUT2D eigenvalue weighted by Gasteiger charge is -2.46. The lowest BCUT2D eigenvalue weighted by atomic mass is 10.0. The molecule has 21 heavy (non-hydrogen) atoms. The zero-order valence-corrected chi connectivity index (χ0v) is 13.3. The van der Waals surface area contributed by atoms with Crippen molar-refractivity contribution in [3.63, 3.8) is 0 Å². The molecule has 0 aromatic heterocycles. The van der Waals surface area contributed by atoms with Crippen molar-refractivity contribution in [1.29, 1.82) is 5.26 Å². The first kappa shape index (κ1) is 14.6. The number of piperazine rings is 1. The summed E-state index contributed by atoms with van der Waals surface area (Å²) in [6.45, 7) is 10.3. The minimum Gasteiger partial charge on any atom is -0.295 e. The van der Waals surface area contributed by atoms with E-state index in [2.05, 4.69) is 42.7 Å². The molecule has 0 aliphatic carbocycles. The molecule has 0 saturated carbocycles.